The molecule has 96 valence electrons. The van der Waals surface area contributed by atoms with E-state index in [-0.39, 0.29) is 11.8 Å². The second-order valence-corrected chi connectivity index (χ2v) is 6.05. The molecule has 0 aliphatic heterocycles. The van der Waals surface area contributed by atoms with Crippen molar-refractivity contribution >= 4 is 28.8 Å². The summed E-state index contributed by atoms with van der Waals surface area (Å²) in [6.45, 7) is 8.31. The molecule has 1 rings (SSSR count). The second kappa shape index (κ2) is 5.38. The number of halogens is 1. The van der Waals surface area contributed by atoms with Gasteiger partial charge < -0.3 is 11.1 Å². The van der Waals surface area contributed by atoms with Gasteiger partial charge in [-0.3, -0.25) is 4.79 Å². The lowest BCUT2D eigenvalue weighted by Crippen LogP contribution is -2.54. The zero-order valence-corrected chi connectivity index (χ0v) is 12.2. The Hall–Kier alpha value is -0.580. The molecule has 3 nitrogen and oxygen atoms in total. The molecule has 1 amide bonds. The fourth-order valence-electron chi connectivity index (χ4n) is 1.33. The lowest BCUT2D eigenvalue weighted by Gasteiger charge is -2.33. The molecule has 17 heavy (non-hydrogen) atoms. The average Bonchev–Trinajstić information content (AvgIpc) is 2.59. The van der Waals surface area contributed by atoms with Gasteiger partial charge >= 0.3 is 0 Å². The number of thiophene rings is 1. The molecule has 0 aliphatic rings. The largest absolute Gasteiger partial charge is 0.345 e. The van der Waals surface area contributed by atoms with Gasteiger partial charge in [0.25, 0.3) is 5.91 Å². The van der Waals surface area contributed by atoms with Crippen molar-refractivity contribution < 1.29 is 4.79 Å². The van der Waals surface area contributed by atoms with Crippen molar-refractivity contribution in [3.8, 4) is 0 Å². The van der Waals surface area contributed by atoms with Crippen LogP contribution in [0.4, 0.5) is 0 Å². The van der Waals surface area contributed by atoms with E-state index in [0.717, 1.165) is 5.56 Å². The molecule has 0 spiro atoms. The van der Waals surface area contributed by atoms with Crippen molar-refractivity contribution in [1.29, 1.82) is 0 Å². The number of carbonyl (C=O) groups is 1. The molecule has 0 aromatic carbocycles. The Morgan fingerprint density at radius 3 is 2.59 bits per heavy atom. The van der Waals surface area contributed by atoms with Gasteiger partial charge in [0, 0.05) is 6.54 Å². The van der Waals surface area contributed by atoms with Crippen LogP contribution in [0.2, 0.25) is 5.02 Å². The molecule has 5 heteroatoms. The van der Waals surface area contributed by atoms with Crippen molar-refractivity contribution in [2.75, 3.05) is 6.54 Å². The zero-order valence-electron chi connectivity index (χ0n) is 10.6. The number of nitrogens with two attached hydrogens (primary N) is 1. The number of carbonyl (C=O) groups excluding carboxylic acids is 1. The Labute approximate surface area is 111 Å². The minimum atomic E-state index is -0.404. The summed E-state index contributed by atoms with van der Waals surface area (Å²) in [5.41, 5.74) is 6.26. The Kier molecular flexibility index (Phi) is 4.58. The molecule has 1 heterocycles. The predicted octanol–water partition coefficient (Wildman–Crippen LogP) is 2.81. The number of rotatable bonds is 4. The standard InChI is InChI=1S/C12H19ClN2OS/c1-7(2)12(4,6-14)15-11(16)10-9(13)8(3)5-17-10/h5,7H,6,14H2,1-4H3,(H,15,16). The van der Waals surface area contributed by atoms with Crippen molar-refractivity contribution in [3.05, 3.63) is 20.8 Å². The third kappa shape index (κ3) is 3.00. The molecule has 0 radical (unpaired) electrons. The Bertz CT molecular complexity index is 417. The van der Waals surface area contributed by atoms with Gasteiger partial charge in [0.2, 0.25) is 0 Å². The Balaban J connectivity index is 2.89. The van der Waals surface area contributed by atoms with Crippen LogP contribution in [0.3, 0.4) is 0 Å². The molecule has 1 aromatic rings. The highest BCUT2D eigenvalue weighted by Gasteiger charge is 2.30. The summed E-state index contributed by atoms with van der Waals surface area (Å²) < 4.78 is 0. The Morgan fingerprint density at radius 1 is 1.65 bits per heavy atom. The maximum atomic E-state index is 12.1. The van der Waals surface area contributed by atoms with Crippen LogP contribution in [0.15, 0.2) is 5.38 Å². The first kappa shape index (κ1) is 14.5. The smallest absolute Gasteiger partial charge is 0.263 e. The monoisotopic (exact) mass is 274 g/mol. The third-order valence-electron chi connectivity index (χ3n) is 3.20. The molecule has 0 saturated heterocycles. The molecule has 1 aromatic heterocycles. The number of hydrogen-bond donors (Lipinski definition) is 2. The number of nitrogens with one attached hydrogen (secondary N) is 1. The van der Waals surface area contributed by atoms with Gasteiger partial charge in [-0.2, -0.15) is 0 Å². The zero-order chi connectivity index (χ0) is 13.2. The molecule has 0 saturated carbocycles. The summed E-state index contributed by atoms with van der Waals surface area (Å²) in [5, 5.41) is 5.39. The highest BCUT2D eigenvalue weighted by Crippen LogP contribution is 2.28. The van der Waals surface area contributed by atoms with Crippen LogP contribution in [-0.4, -0.2) is 18.0 Å². The van der Waals surface area contributed by atoms with E-state index >= 15 is 0 Å². The molecule has 3 N–H and O–H groups in total. The molecule has 1 atom stereocenters. The Morgan fingerprint density at radius 2 is 2.24 bits per heavy atom. The summed E-state index contributed by atoms with van der Waals surface area (Å²) in [7, 11) is 0. The summed E-state index contributed by atoms with van der Waals surface area (Å²) in [5.74, 6) is 0.117. The van der Waals surface area contributed by atoms with E-state index < -0.39 is 5.54 Å². The topological polar surface area (TPSA) is 55.1 Å². The fourth-order valence-corrected chi connectivity index (χ4v) is 2.50. The first-order chi connectivity index (χ1) is 7.81. The SMILES string of the molecule is Cc1csc(C(=O)NC(C)(CN)C(C)C)c1Cl. The molecule has 1 unspecified atom stereocenters. The summed E-state index contributed by atoms with van der Waals surface area (Å²) in [6.07, 6.45) is 0. The van der Waals surface area contributed by atoms with E-state index in [1.807, 2.05) is 33.1 Å². The van der Waals surface area contributed by atoms with E-state index in [4.69, 9.17) is 17.3 Å². The average molecular weight is 275 g/mol. The van der Waals surface area contributed by atoms with Crippen LogP contribution in [0.1, 0.15) is 36.0 Å². The van der Waals surface area contributed by atoms with Gasteiger partial charge in [-0.15, -0.1) is 11.3 Å². The van der Waals surface area contributed by atoms with Crippen molar-refractivity contribution in [3.63, 3.8) is 0 Å². The van der Waals surface area contributed by atoms with Crippen LogP contribution >= 0.6 is 22.9 Å². The van der Waals surface area contributed by atoms with E-state index in [1.54, 1.807) is 0 Å². The molecule has 0 bridgehead atoms. The normalized spacial score (nSPS) is 14.8. The maximum absolute atomic E-state index is 12.1. The minimum Gasteiger partial charge on any atom is -0.345 e. The van der Waals surface area contributed by atoms with Crippen LogP contribution in [-0.2, 0) is 0 Å². The van der Waals surface area contributed by atoms with Crippen LogP contribution in [0, 0.1) is 12.8 Å². The predicted molar refractivity (Wildman–Crippen MR) is 73.8 cm³/mol. The first-order valence-corrected chi connectivity index (χ1v) is 6.83. The number of amides is 1. The number of hydrogen-bond acceptors (Lipinski definition) is 3. The highest BCUT2D eigenvalue weighted by molar-refractivity contribution is 7.13. The van der Waals surface area contributed by atoms with Gasteiger partial charge in [0.15, 0.2) is 0 Å². The van der Waals surface area contributed by atoms with Gasteiger partial charge in [-0.05, 0) is 30.7 Å². The molecular formula is C12H19ClN2OS. The van der Waals surface area contributed by atoms with Crippen molar-refractivity contribution in [2.45, 2.75) is 33.2 Å². The van der Waals surface area contributed by atoms with Crippen molar-refractivity contribution in [1.82, 2.24) is 5.32 Å². The molecule has 0 fully saturated rings. The van der Waals surface area contributed by atoms with Crippen LogP contribution in [0.5, 0.6) is 0 Å². The summed E-state index contributed by atoms with van der Waals surface area (Å²) in [4.78, 5) is 12.7. The fraction of sp³-hybridized carbons (Fsp3) is 0.583. The lowest BCUT2D eigenvalue weighted by atomic mass is 9.88. The molecular weight excluding hydrogens is 256 g/mol. The summed E-state index contributed by atoms with van der Waals surface area (Å²) in [6, 6.07) is 0. The minimum absolute atomic E-state index is 0.144. The van der Waals surface area contributed by atoms with E-state index in [1.165, 1.54) is 11.3 Å². The van der Waals surface area contributed by atoms with Gasteiger partial charge in [0.05, 0.1) is 10.6 Å². The lowest BCUT2D eigenvalue weighted by molar-refractivity contribution is 0.0887. The van der Waals surface area contributed by atoms with Crippen molar-refractivity contribution in [2.24, 2.45) is 11.7 Å². The van der Waals surface area contributed by atoms with Gasteiger partial charge in [-0.25, -0.2) is 0 Å². The second-order valence-electron chi connectivity index (χ2n) is 4.79. The van der Waals surface area contributed by atoms with E-state index in [0.29, 0.717) is 16.4 Å². The van der Waals surface area contributed by atoms with Gasteiger partial charge in [-0.1, -0.05) is 25.4 Å². The third-order valence-corrected chi connectivity index (χ3v) is 4.90. The van der Waals surface area contributed by atoms with E-state index in [9.17, 15) is 4.79 Å². The van der Waals surface area contributed by atoms with E-state index in [2.05, 4.69) is 5.32 Å². The summed E-state index contributed by atoms with van der Waals surface area (Å²) >= 11 is 7.44. The van der Waals surface area contributed by atoms with Gasteiger partial charge in [0.1, 0.15) is 4.88 Å². The van der Waals surface area contributed by atoms with Crippen LogP contribution < -0.4 is 11.1 Å². The number of aryl methyl sites for hydroxylation is 1. The first-order valence-electron chi connectivity index (χ1n) is 5.58. The molecule has 0 aliphatic carbocycles. The quantitative estimate of drug-likeness (QED) is 0.887. The van der Waals surface area contributed by atoms with Crippen LogP contribution in [0.25, 0.3) is 0 Å². The maximum Gasteiger partial charge on any atom is 0.263 e. The highest BCUT2D eigenvalue weighted by atomic mass is 35.5.